The first kappa shape index (κ1) is 22.5. The van der Waals surface area contributed by atoms with Crippen LogP contribution < -0.4 is 10.6 Å². The molecule has 2 N–H and O–H groups in total. The molecule has 1 aromatic carbocycles. The van der Waals surface area contributed by atoms with E-state index in [1.807, 2.05) is 23.2 Å². The van der Waals surface area contributed by atoms with Crippen molar-refractivity contribution in [3.05, 3.63) is 52.3 Å². The second-order valence-electron chi connectivity index (χ2n) is 9.00. The molecule has 0 bridgehead atoms. The molecule has 8 nitrogen and oxygen atoms in total. The van der Waals surface area contributed by atoms with E-state index in [-0.39, 0.29) is 11.9 Å². The third kappa shape index (κ3) is 5.46. The molecular formula is C24H31ClN6O2. The van der Waals surface area contributed by atoms with E-state index in [2.05, 4.69) is 32.7 Å². The highest BCUT2D eigenvalue weighted by molar-refractivity contribution is 6.30. The molecule has 0 spiro atoms. The van der Waals surface area contributed by atoms with Crippen molar-refractivity contribution in [2.24, 2.45) is 0 Å². The third-order valence-corrected chi connectivity index (χ3v) is 7.05. The zero-order valence-electron chi connectivity index (χ0n) is 18.8. The van der Waals surface area contributed by atoms with E-state index in [4.69, 9.17) is 21.3 Å². The molecule has 3 aliphatic rings. The Labute approximate surface area is 199 Å². The predicted molar refractivity (Wildman–Crippen MR) is 127 cm³/mol. The first-order chi connectivity index (χ1) is 16.2. The molecule has 2 saturated heterocycles. The summed E-state index contributed by atoms with van der Waals surface area (Å²) in [7, 11) is 0. The Kier molecular flexibility index (Phi) is 7.06. The minimum Gasteiger partial charge on any atom is -0.381 e. The van der Waals surface area contributed by atoms with E-state index >= 15 is 0 Å². The van der Waals surface area contributed by atoms with Crippen molar-refractivity contribution in [2.45, 2.75) is 37.9 Å². The number of rotatable bonds is 5. The number of piperazine rings is 1. The Balaban J connectivity index is 1.23. The zero-order valence-corrected chi connectivity index (χ0v) is 19.6. The number of amides is 1. The molecule has 1 amide bonds. The second kappa shape index (κ2) is 10.3. The highest BCUT2D eigenvalue weighted by atomic mass is 35.5. The molecule has 1 aromatic heterocycles. The molecule has 0 aliphatic carbocycles. The van der Waals surface area contributed by atoms with E-state index in [1.165, 1.54) is 5.56 Å². The van der Waals surface area contributed by atoms with Gasteiger partial charge in [0.1, 0.15) is 0 Å². The SMILES string of the molecule is O=C(CN1CCNCC1c1ccc(Cl)cc1)N1CCc2cnc(NC3CCOCC3)nc2C1. The fourth-order valence-corrected chi connectivity index (χ4v) is 4.96. The van der Waals surface area contributed by atoms with Crippen molar-refractivity contribution in [2.75, 3.05) is 51.3 Å². The van der Waals surface area contributed by atoms with Gasteiger partial charge in [-0.2, -0.15) is 0 Å². The largest absolute Gasteiger partial charge is 0.381 e. The van der Waals surface area contributed by atoms with Gasteiger partial charge >= 0.3 is 0 Å². The lowest BCUT2D eigenvalue weighted by Gasteiger charge is -2.38. The molecule has 2 aromatic rings. The third-order valence-electron chi connectivity index (χ3n) is 6.80. The van der Waals surface area contributed by atoms with E-state index in [9.17, 15) is 4.79 Å². The van der Waals surface area contributed by atoms with E-state index in [1.54, 1.807) is 0 Å². The summed E-state index contributed by atoms with van der Waals surface area (Å²) in [5.74, 6) is 0.805. The van der Waals surface area contributed by atoms with Crippen molar-refractivity contribution in [3.63, 3.8) is 0 Å². The number of benzene rings is 1. The summed E-state index contributed by atoms with van der Waals surface area (Å²) < 4.78 is 5.43. The number of hydrogen-bond acceptors (Lipinski definition) is 7. The molecule has 3 aliphatic heterocycles. The molecule has 1 unspecified atom stereocenters. The molecule has 5 rings (SSSR count). The van der Waals surface area contributed by atoms with Gasteiger partial charge in [-0.3, -0.25) is 9.69 Å². The fraction of sp³-hybridized carbons (Fsp3) is 0.542. The van der Waals surface area contributed by atoms with Gasteiger partial charge in [-0.1, -0.05) is 23.7 Å². The van der Waals surface area contributed by atoms with Gasteiger partial charge in [0.2, 0.25) is 11.9 Å². The summed E-state index contributed by atoms with van der Waals surface area (Å²) >= 11 is 6.07. The predicted octanol–water partition coefficient (Wildman–Crippen LogP) is 2.25. The second-order valence-corrected chi connectivity index (χ2v) is 9.44. The van der Waals surface area contributed by atoms with Gasteiger partial charge in [-0.05, 0) is 42.5 Å². The first-order valence-corrected chi connectivity index (χ1v) is 12.2. The van der Waals surface area contributed by atoms with Crippen molar-refractivity contribution in [1.82, 2.24) is 25.1 Å². The maximum Gasteiger partial charge on any atom is 0.237 e. The average Bonchev–Trinajstić information content (AvgIpc) is 2.85. The Morgan fingerprint density at radius 1 is 1.21 bits per heavy atom. The summed E-state index contributed by atoms with van der Waals surface area (Å²) in [4.78, 5) is 26.8. The number of fused-ring (bicyclic) bond motifs is 1. The average molecular weight is 471 g/mol. The van der Waals surface area contributed by atoms with Gasteiger partial charge in [-0.15, -0.1) is 0 Å². The summed E-state index contributed by atoms with van der Waals surface area (Å²) in [5, 5.41) is 7.62. The lowest BCUT2D eigenvalue weighted by Crippen LogP contribution is -2.50. The molecule has 9 heteroatoms. The Bertz CT molecular complexity index is 966. The number of halogens is 1. The number of ether oxygens (including phenoxy) is 1. The molecule has 0 saturated carbocycles. The fourth-order valence-electron chi connectivity index (χ4n) is 4.83. The quantitative estimate of drug-likeness (QED) is 0.693. The standard InChI is InChI=1S/C24H31ClN6O2/c25-19-3-1-17(2-4-19)22-14-26-8-10-30(22)16-23(32)31-9-5-18-13-27-24(29-21(18)15-31)28-20-6-11-33-12-7-20/h1-4,13,20,22,26H,5-12,14-16H2,(H,27,28,29). The highest BCUT2D eigenvalue weighted by Gasteiger charge is 2.29. The number of anilines is 1. The molecule has 33 heavy (non-hydrogen) atoms. The number of nitrogens with zero attached hydrogens (tertiary/aromatic N) is 4. The minimum atomic E-state index is 0.152. The van der Waals surface area contributed by atoms with Crippen LogP contribution in [0.15, 0.2) is 30.5 Å². The molecule has 2 fully saturated rings. The number of nitrogens with one attached hydrogen (secondary N) is 2. The number of hydrogen-bond donors (Lipinski definition) is 2. The maximum atomic E-state index is 13.3. The maximum absolute atomic E-state index is 13.3. The molecule has 1 atom stereocenters. The number of carbonyl (C=O) groups excluding carboxylic acids is 1. The van der Waals surface area contributed by atoms with Crippen LogP contribution in [0, 0.1) is 0 Å². The zero-order chi connectivity index (χ0) is 22.6. The van der Waals surface area contributed by atoms with Gasteiger partial charge < -0.3 is 20.3 Å². The Hall–Kier alpha value is -2.26. The Morgan fingerprint density at radius 3 is 2.85 bits per heavy atom. The van der Waals surface area contributed by atoms with Crippen LogP contribution in [0.3, 0.4) is 0 Å². The smallest absolute Gasteiger partial charge is 0.237 e. The van der Waals surface area contributed by atoms with Crippen LogP contribution in [-0.4, -0.2) is 77.7 Å². The van der Waals surface area contributed by atoms with E-state index in [0.29, 0.717) is 31.6 Å². The summed E-state index contributed by atoms with van der Waals surface area (Å²) in [6.07, 6.45) is 4.63. The van der Waals surface area contributed by atoms with Gasteiger partial charge in [0.15, 0.2) is 0 Å². The lowest BCUT2D eigenvalue weighted by atomic mass is 10.0. The normalized spacial score (nSPS) is 22.1. The van der Waals surface area contributed by atoms with Gasteiger partial charge in [-0.25, -0.2) is 9.97 Å². The summed E-state index contributed by atoms with van der Waals surface area (Å²) in [6.45, 7) is 5.74. The first-order valence-electron chi connectivity index (χ1n) is 11.8. The van der Waals surface area contributed by atoms with Crippen LogP contribution in [-0.2, 0) is 22.5 Å². The number of aromatic nitrogens is 2. The van der Waals surface area contributed by atoms with Crippen molar-refractivity contribution < 1.29 is 9.53 Å². The number of carbonyl (C=O) groups is 1. The highest BCUT2D eigenvalue weighted by Crippen LogP contribution is 2.25. The van der Waals surface area contributed by atoms with Crippen LogP contribution in [0.1, 0.15) is 35.7 Å². The van der Waals surface area contributed by atoms with Gasteiger partial charge in [0.25, 0.3) is 0 Å². The van der Waals surface area contributed by atoms with Crippen LogP contribution in [0.4, 0.5) is 5.95 Å². The van der Waals surface area contributed by atoms with E-state index < -0.39 is 0 Å². The van der Waals surface area contributed by atoms with Crippen LogP contribution >= 0.6 is 11.6 Å². The minimum absolute atomic E-state index is 0.152. The molecular weight excluding hydrogens is 440 g/mol. The molecule has 176 valence electrons. The van der Waals surface area contributed by atoms with Gasteiger partial charge in [0.05, 0.1) is 18.8 Å². The Morgan fingerprint density at radius 2 is 2.03 bits per heavy atom. The summed E-state index contributed by atoms with van der Waals surface area (Å²) in [5.41, 5.74) is 3.27. The monoisotopic (exact) mass is 470 g/mol. The van der Waals surface area contributed by atoms with Crippen LogP contribution in [0.25, 0.3) is 0 Å². The molecule has 4 heterocycles. The van der Waals surface area contributed by atoms with Crippen LogP contribution in [0.2, 0.25) is 5.02 Å². The lowest BCUT2D eigenvalue weighted by molar-refractivity contribution is -0.134. The van der Waals surface area contributed by atoms with E-state index in [0.717, 1.165) is 68.4 Å². The topological polar surface area (TPSA) is 82.6 Å². The van der Waals surface area contributed by atoms with Gasteiger partial charge in [0, 0.05) is 62.7 Å². The van der Waals surface area contributed by atoms with Crippen LogP contribution in [0.5, 0.6) is 0 Å². The van der Waals surface area contributed by atoms with Crippen molar-refractivity contribution >= 4 is 23.5 Å². The van der Waals surface area contributed by atoms with Crippen molar-refractivity contribution in [3.8, 4) is 0 Å². The van der Waals surface area contributed by atoms with Crippen molar-refractivity contribution in [1.29, 1.82) is 0 Å². The molecule has 0 radical (unpaired) electrons. The summed E-state index contributed by atoms with van der Waals surface area (Å²) in [6, 6.07) is 8.44.